The summed E-state index contributed by atoms with van der Waals surface area (Å²) >= 11 is 0. The number of rotatable bonds is 5. The van der Waals surface area contributed by atoms with E-state index in [9.17, 15) is 14.4 Å². The SMILES string of the molecule is CCn1c2ccc(C(=O)c3ccc(OC(C)=O)cc3)cc2c2c3c(ccc21)/C(=N/OC(C)=O)CO3. The van der Waals surface area contributed by atoms with Gasteiger partial charge in [0.2, 0.25) is 0 Å². The summed E-state index contributed by atoms with van der Waals surface area (Å²) in [5.41, 5.74) is 4.26. The van der Waals surface area contributed by atoms with E-state index in [1.54, 1.807) is 24.3 Å². The quantitative estimate of drug-likeness (QED) is 0.139. The molecule has 0 fully saturated rings. The topological polar surface area (TPSA) is 96.2 Å². The molecule has 3 aromatic carbocycles. The summed E-state index contributed by atoms with van der Waals surface area (Å²) in [6, 6.07) is 16.0. The van der Waals surface area contributed by atoms with Crippen molar-refractivity contribution in [3.05, 3.63) is 71.3 Å². The lowest BCUT2D eigenvalue weighted by molar-refractivity contribution is -0.141. The molecule has 5 rings (SSSR count). The summed E-state index contributed by atoms with van der Waals surface area (Å²) in [4.78, 5) is 40.4. The Bertz CT molecular complexity index is 1550. The molecule has 1 aliphatic rings. The van der Waals surface area contributed by atoms with E-state index < -0.39 is 11.9 Å². The maximum atomic E-state index is 13.3. The Labute approximate surface area is 200 Å². The van der Waals surface area contributed by atoms with E-state index in [-0.39, 0.29) is 12.4 Å². The Kier molecular flexibility index (Phi) is 5.56. The standard InChI is InChI=1S/C27H22N2O6/c1-4-29-23-11-7-18(26(32)17-5-8-19(9-6-17)34-15(2)30)13-21(23)25-24(29)12-10-20-22(14-33-27(20)25)28-35-16(3)31/h5-13H,4,14H2,1-3H3/b28-22+. The predicted octanol–water partition coefficient (Wildman–Crippen LogP) is 4.63. The molecule has 0 radical (unpaired) electrons. The number of ketones is 1. The third kappa shape index (κ3) is 3.93. The van der Waals surface area contributed by atoms with Gasteiger partial charge in [0.1, 0.15) is 23.8 Å². The Morgan fingerprint density at radius 3 is 2.34 bits per heavy atom. The van der Waals surface area contributed by atoms with Gasteiger partial charge in [0.15, 0.2) is 5.78 Å². The first kappa shape index (κ1) is 22.3. The Hall–Kier alpha value is -4.46. The van der Waals surface area contributed by atoms with Gasteiger partial charge in [-0.25, -0.2) is 4.79 Å². The molecule has 0 amide bonds. The summed E-state index contributed by atoms with van der Waals surface area (Å²) in [5.74, 6) is -0.0315. The van der Waals surface area contributed by atoms with Crippen LogP contribution >= 0.6 is 0 Å². The summed E-state index contributed by atoms with van der Waals surface area (Å²) in [5, 5.41) is 5.70. The van der Waals surface area contributed by atoms with Crippen LogP contribution in [0.3, 0.4) is 0 Å². The van der Waals surface area contributed by atoms with Gasteiger partial charge in [-0.2, -0.15) is 0 Å². The van der Waals surface area contributed by atoms with E-state index in [0.717, 1.165) is 33.9 Å². The van der Waals surface area contributed by atoms with Crippen LogP contribution in [0, 0.1) is 0 Å². The summed E-state index contributed by atoms with van der Waals surface area (Å²) in [6.07, 6.45) is 0. The third-order valence-electron chi connectivity index (χ3n) is 5.89. The molecule has 35 heavy (non-hydrogen) atoms. The highest BCUT2D eigenvalue weighted by molar-refractivity contribution is 6.20. The van der Waals surface area contributed by atoms with Crippen LogP contribution in [0.2, 0.25) is 0 Å². The van der Waals surface area contributed by atoms with Crippen molar-refractivity contribution < 1.29 is 28.7 Å². The summed E-state index contributed by atoms with van der Waals surface area (Å²) in [6.45, 7) is 5.60. The molecule has 8 heteroatoms. The number of nitrogens with zero attached hydrogens (tertiary/aromatic N) is 2. The predicted molar refractivity (Wildman–Crippen MR) is 130 cm³/mol. The highest BCUT2D eigenvalue weighted by atomic mass is 16.7. The zero-order chi connectivity index (χ0) is 24.7. The molecule has 0 N–H and O–H groups in total. The fourth-order valence-electron chi connectivity index (χ4n) is 4.44. The van der Waals surface area contributed by atoms with Crippen molar-refractivity contribution in [3.8, 4) is 11.5 Å². The van der Waals surface area contributed by atoms with Gasteiger partial charge in [-0.15, -0.1) is 0 Å². The number of carbonyl (C=O) groups is 3. The van der Waals surface area contributed by atoms with E-state index in [1.165, 1.54) is 13.8 Å². The van der Waals surface area contributed by atoms with E-state index in [1.807, 2.05) is 30.3 Å². The van der Waals surface area contributed by atoms with Crippen LogP contribution in [0.1, 0.15) is 42.3 Å². The van der Waals surface area contributed by atoms with Crippen LogP contribution < -0.4 is 9.47 Å². The molecule has 4 aromatic rings. The van der Waals surface area contributed by atoms with Gasteiger partial charge >= 0.3 is 11.9 Å². The molecule has 0 saturated heterocycles. The maximum Gasteiger partial charge on any atom is 0.331 e. The van der Waals surface area contributed by atoms with Crippen molar-refractivity contribution in [2.45, 2.75) is 27.3 Å². The number of benzene rings is 3. The molecule has 0 unspecified atom stereocenters. The third-order valence-corrected chi connectivity index (χ3v) is 5.89. The van der Waals surface area contributed by atoms with Gasteiger partial charge in [-0.05, 0) is 61.5 Å². The van der Waals surface area contributed by atoms with Crippen molar-refractivity contribution in [2.24, 2.45) is 5.16 Å². The summed E-state index contributed by atoms with van der Waals surface area (Å²) in [7, 11) is 0. The second-order valence-electron chi connectivity index (χ2n) is 8.17. The van der Waals surface area contributed by atoms with Gasteiger partial charge in [0.25, 0.3) is 0 Å². The van der Waals surface area contributed by atoms with Crippen molar-refractivity contribution in [2.75, 3.05) is 6.61 Å². The second-order valence-corrected chi connectivity index (χ2v) is 8.17. The number of ether oxygens (including phenoxy) is 2. The van der Waals surface area contributed by atoms with Crippen LogP contribution in [0.25, 0.3) is 21.8 Å². The molecule has 0 saturated carbocycles. The average Bonchev–Trinajstić information content (AvgIpc) is 3.40. The van der Waals surface area contributed by atoms with E-state index >= 15 is 0 Å². The number of carbonyl (C=O) groups excluding carboxylic acids is 3. The number of hydrogen-bond donors (Lipinski definition) is 0. The van der Waals surface area contributed by atoms with Crippen molar-refractivity contribution in [1.29, 1.82) is 0 Å². The molecular formula is C27H22N2O6. The summed E-state index contributed by atoms with van der Waals surface area (Å²) < 4.78 is 13.2. The molecule has 0 spiro atoms. The van der Waals surface area contributed by atoms with Gasteiger partial charge in [-0.3, -0.25) is 9.59 Å². The van der Waals surface area contributed by atoms with Crippen LogP contribution in [0.15, 0.2) is 59.8 Å². The van der Waals surface area contributed by atoms with Gasteiger partial charge in [0.05, 0.1) is 10.9 Å². The zero-order valence-electron chi connectivity index (χ0n) is 19.5. The fourth-order valence-corrected chi connectivity index (χ4v) is 4.44. The van der Waals surface area contributed by atoms with Gasteiger partial charge in [-0.1, -0.05) is 5.16 Å². The van der Waals surface area contributed by atoms with Crippen molar-refractivity contribution >= 4 is 45.2 Å². The highest BCUT2D eigenvalue weighted by Crippen LogP contribution is 2.41. The fraction of sp³-hybridized carbons (Fsp3) is 0.185. The van der Waals surface area contributed by atoms with E-state index in [4.69, 9.17) is 14.3 Å². The first-order valence-electron chi connectivity index (χ1n) is 11.2. The lowest BCUT2D eigenvalue weighted by atomic mass is 10.00. The molecule has 1 aliphatic heterocycles. The molecule has 8 nitrogen and oxygen atoms in total. The number of aromatic nitrogens is 1. The van der Waals surface area contributed by atoms with E-state index in [0.29, 0.717) is 28.3 Å². The number of aryl methyl sites for hydroxylation is 1. The minimum atomic E-state index is -0.501. The van der Waals surface area contributed by atoms with Gasteiger partial charge in [0, 0.05) is 48.0 Å². The molecule has 1 aromatic heterocycles. The van der Waals surface area contributed by atoms with Crippen LogP contribution in [0.4, 0.5) is 0 Å². The average molecular weight is 470 g/mol. The lowest BCUT2D eigenvalue weighted by Crippen LogP contribution is -2.05. The minimum Gasteiger partial charge on any atom is -0.486 e. The first-order valence-corrected chi connectivity index (χ1v) is 11.2. The van der Waals surface area contributed by atoms with Crippen LogP contribution in [-0.4, -0.2) is 34.6 Å². The largest absolute Gasteiger partial charge is 0.486 e. The van der Waals surface area contributed by atoms with Crippen LogP contribution in [0.5, 0.6) is 11.5 Å². The first-order chi connectivity index (χ1) is 16.9. The van der Waals surface area contributed by atoms with E-state index in [2.05, 4.69) is 16.6 Å². The normalized spacial score (nSPS) is 13.6. The van der Waals surface area contributed by atoms with Crippen molar-refractivity contribution in [3.63, 3.8) is 0 Å². The molecular weight excluding hydrogens is 448 g/mol. The number of fused-ring (bicyclic) bond motifs is 5. The zero-order valence-corrected chi connectivity index (χ0v) is 19.5. The number of oxime groups is 1. The maximum absolute atomic E-state index is 13.3. The minimum absolute atomic E-state index is 0.149. The molecule has 0 atom stereocenters. The second kappa shape index (κ2) is 8.72. The number of hydrogen-bond acceptors (Lipinski definition) is 7. The van der Waals surface area contributed by atoms with Gasteiger partial charge < -0.3 is 18.9 Å². The Morgan fingerprint density at radius 1 is 0.943 bits per heavy atom. The molecule has 176 valence electrons. The Balaban J connectivity index is 1.62. The molecule has 0 bridgehead atoms. The Morgan fingerprint density at radius 2 is 1.66 bits per heavy atom. The molecule has 0 aliphatic carbocycles. The lowest BCUT2D eigenvalue weighted by Gasteiger charge is -2.05. The van der Waals surface area contributed by atoms with Crippen LogP contribution in [-0.2, 0) is 21.0 Å². The van der Waals surface area contributed by atoms with Crippen molar-refractivity contribution in [1.82, 2.24) is 4.57 Å². The highest BCUT2D eigenvalue weighted by Gasteiger charge is 2.26. The monoisotopic (exact) mass is 470 g/mol. The smallest absolute Gasteiger partial charge is 0.331 e. The number of esters is 1. The molecule has 2 heterocycles.